The van der Waals surface area contributed by atoms with Gasteiger partial charge in [-0.25, -0.2) is 4.79 Å². The van der Waals surface area contributed by atoms with Gasteiger partial charge in [0.25, 0.3) is 0 Å². The molecule has 6 nitrogen and oxygen atoms in total. The van der Waals surface area contributed by atoms with Gasteiger partial charge in [0.05, 0.1) is 12.6 Å². The molecular weight excluding hydrogens is 328 g/mol. The first-order chi connectivity index (χ1) is 12.3. The van der Waals surface area contributed by atoms with Gasteiger partial charge in [-0.1, -0.05) is 51.1 Å². The number of piperazine rings is 1. The van der Waals surface area contributed by atoms with E-state index in [0.29, 0.717) is 26.2 Å². The Morgan fingerprint density at radius 2 is 1.69 bits per heavy atom. The Labute approximate surface area is 156 Å². The molecule has 1 heterocycles. The molecule has 144 valence electrons. The highest BCUT2D eigenvalue weighted by Gasteiger charge is 2.30. The van der Waals surface area contributed by atoms with Crippen LogP contribution in [0.15, 0.2) is 30.3 Å². The third kappa shape index (κ3) is 5.73. The zero-order chi connectivity index (χ0) is 19.2. The van der Waals surface area contributed by atoms with Gasteiger partial charge in [-0.05, 0) is 17.9 Å². The maximum atomic E-state index is 12.8. The molecule has 1 aromatic rings. The molecule has 0 saturated carbocycles. The summed E-state index contributed by atoms with van der Waals surface area (Å²) in [5, 5.41) is 6.02. The van der Waals surface area contributed by atoms with Crippen LogP contribution in [0.4, 0.5) is 4.79 Å². The SMILES string of the molecule is CCNC(=O)CN1CCN(C(=O)NC(c2ccccc2)C(C)(C)C)CC1. The van der Waals surface area contributed by atoms with Crippen LogP contribution in [0.5, 0.6) is 0 Å². The molecular formula is C20H32N4O2. The van der Waals surface area contributed by atoms with Gasteiger partial charge in [0, 0.05) is 32.7 Å². The first kappa shape index (κ1) is 20.2. The van der Waals surface area contributed by atoms with E-state index in [0.717, 1.165) is 18.7 Å². The van der Waals surface area contributed by atoms with Crippen LogP contribution in [0.2, 0.25) is 0 Å². The maximum absolute atomic E-state index is 12.8. The molecule has 6 heteroatoms. The number of nitrogens with one attached hydrogen (secondary N) is 2. The van der Waals surface area contributed by atoms with E-state index in [9.17, 15) is 9.59 Å². The molecule has 0 aromatic heterocycles. The number of hydrogen-bond acceptors (Lipinski definition) is 3. The molecule has 3 amide bonds. The van der Waals surface area contributed by atoms with Crippen molar-refractivity contribution in [1.82, 2.24) is 20.4 Å². The summed E-state index contributed by atoms with van der Waals surface area (Å²) in [6, 6.07) is 10.0. The second-order valence-corrected chi connectivity index (χ2v) is 7.88. The molecule has 26 heavy (non-hydrogen) atoms. The van der Waals surface area contributed by atoms with E-state index in [1.165, 1.54) is 0 Å². The fraction of sp³-hybridized carbons (Fsp3) is 0.600. The van der Waals surface area contributed by atoms with Crippen LogP contribution in [0.25, 0.3) is 0 Å². The van der Waals surface area contributed by atoms with E-state index in [4.69, 9.17) is 0 Å². The molecule has 0 bridgehead atoms. The summed E-state index contributed by atoms with van der Waals surface area (Å²) < 4.78 is 0. The van der Waals surface area contributed by atoms with Crippen molar-refractivity contribution < 1.29 is 9.59 Å². The van der Waals surface area contributed by atoms with E-state index < -0.39 is 0 Å². The Hall–Kier alpha value is -2.08. The van der Waals surface area contributed by atoms with Crippen molar-refractivity contribution in [3.8, 4) is 0 Å². The lowest BCUT2D eigenvalue weighted by Crippen LogP contribution is -2.54. The fourth-order valence-electron chi connectivity index (χ4n) is 3.23. The number of amides is 3. The smallest absolute Gasteiger partial charge is 0.317 e. The summed E-state index contributed by atoms with van der Waals surface area (Å²) in [5.74, 6) is 0.0438. The average Bonchev–Trinajstić information content (AvgIpc) is 2.60. The monoisotopic (exact) mass is 360 g/mol. The van der Waals surface area contributed by atoms with Gasteiger partial charge in [-0.15, -0.1) is 0 Å². The van der Waals surface area contributed by atoms with Gasteiger partial charge in [-0.2, -0.15) is 0 Å². The van der Waals surface area contributed by atoms with E-state index in [-0.39, 0.29) is 23.4 Å². The third-order valence-electron chi connectivity index (χ3n) is 4.67. The zero-order valence-corrected chi connectivity index (χ0v) is 16.4. The number of carbonyl (C=O) groups is 2. The Morgan fingerprint density at radius 3 is 2.23 bits per heavy atom. The van der Waals surface area contributed by atoms with Crippen LogP contribution < -0.4 is 10.6 Å². The molecule has 2 N–H and O–H groups in total. The minimum atomic E-state index is -0.0862. The Kier molecular flexibility index (Phi) is 7.03. The minimum absolute atomic E-state index is 0.0357. The molecule has 0 radical (unpaired) electrons. The second-order valence-electron chi connectivity index (χ2n) is 7.88. The number of carbonyl (C=O) groups excluding carboxylic acids is 2. The highest BCUT2D eigenvalue weighted by atomic mass is 16.2. The van der Waals surface area contributed by atoms with Crippen LogP contribution in [0.1, 0.15) is 39.3 Å². The van der Waals surface area contributed by atoms with Crippen molar-refractivity contribution in [2.24, 2.45) is 5.41 Å². The van der Waals surface area contributed by atoms with Crippen molar-refractivity contribution in [3.05, 3.63) is 35.9 Å². The average molecular weight is 361 g/mol. The quantitative estimate of drug-likeness (QED) is 0.846. The molecule has 1 saturated heterocycles. The highest BCUT2D eigenvalue weighted by Crippen LogP contribution is 2.32. The number of likely N-dealkylation sites (N-methyl/N-ethyl adjacent to an activating group) is 1. The molecule has 1 aliphatic heterocycles. The zero-order valence-electron chi connectivity index (χ0n) is 16.4. The normalized spacial score (nSPS) is 16.8. The number of urea groups is 1. The van der Waals surface area contributed by atoms with Crippen molar-refractivity contribution in [1.29, 1.82) is 0 Å². The largest absolute Gasteiger partial charge is 0.355 e. The number of rotatable bonds is 5. The van der Waals surface area contributed by atoms with Crippen molar-refractivity contribution in [2.45, 2.75) is 33.7 Å². The fourth-order valence-corrected chi connectivity index (χ4v) is 3.23. The molecule has 2 rings (SSSR count). The van der Waals surface area contributed by atoms with Gasteiger partial charge in [0.15, 0.2) is 0 Å². The molecule has 1 atom stereocenters. The molecule has 0 aliphatic carbocycles. The topological polar surface area (TPSA) is 64.7 Å². The predicted octanol–water partition coefficient (Wildman–Crippen LogP) is 2.24. The van der Waals surface area contributed by atoms with E-state index in [2.05, 4.69) is 48.4 Å². The lowest BCUT2D eigenvalue weighted by molar-refractivity contribution is -0.122. The maximum Gasteiger partial charge on any atom is 0.317 e. The third-order valence-corrected chi connectivity index (χ3v) is 4.67. The summed E-state index contributed by atoms with van der Waals surface area (Å²) in [6.45, 7) is 12.1. The van der Waals surface area contributed by atoms with Gasteiger partial charge in [0.1, 0.15) is 0 Å². The minimum Gasteiger partial charge on any atom is -0.355 e. The van der Waals surface area contributed by atoms with Crippen molar-refractivity contribution in [3.63, 3.8) is 0 Å². The highest BCUT2D eigenvalue weighted by molar-refractivity contribution is 5.78. The number of benzene rings is 1. The number of nitrogens with zero attached hydrogens (tertiary/aromatic N) is 2. The Balaban J connectivity index is 1.92. The van der Waals surface area contributed by atoms with E-state index >= 15 is 0 Å². The molecule has 1 aromatic carbocycles. The summed E-state index contributed by atoms with van der Waals surface area (Å²) >= 11 is 0. The summed E-state index contributed by atoms with van der Waals surface area (Å²) in [4.78, 5) is 28.4. The van der Waals surface area contributed by atoms with Crippen LogP contribution >= 0.6 is 0 Å². The van der Waals surface area contributed by atoms with Crippen molar-refractivity contribution in [2.75, 3.05) is 39.3 Å². The van der Waals surface area contributed by atoms with Crippen LogP contribution in [-0.2, 0) is 4.79 Å². The predicted molar refractivity (Wildman–Crippen MR) is 104 cm³/mol. The van der Waals surface area contributed by atoms with E-state index in [1.54, 1.807) is 0 Å². The lowest BCUT2D eigenvalue weighted by Gasteiger charge is -2.37. The molecule has 1 fully saturated rings. The van der Waals surface area contributed by atoms with E-state index in [1.807, 2.05) is 30.0 Å². The van der Waals surface area contributed by atoms with Gasteiger partial charge in [0.2, 0.25) is 5.91 Å². The Bertz CT molecular complexity index is 590. The summed E-state index contributed by atoms with van der Waals surface area (Å²) in [7, 11) is 0. The van der Waals surface area contributed by atoms with Crippen LogP contribution in [0, 0.1) is 5.41 Å². The standard InChI is InChI=1S/C20H32N4O2/c1-5-21-17(25)15-23-11-13-24(14-12-23)19(26)22-18(20(2,3)4)16-9-7-6-8-10-16/h6-10,18H,5,11-15H2,1-4H3,(H,21,25)(H,22,26). The lowest BCUT2D eigenvalue weighted by atomic mass is 9.82. The van der Waals surface area contributed by atoms with Gasteiger partial charge >= 0.3 is 6.03 Å². The number of hydrogen-bond donors (Lipinski definition) is 2. The van der Waals surface area contributed by atoms with Gasteiger partial charge < -0.3 is 15.5 Å². The van der Waals surface area contributed by atoms with Crippen molar-refractivity contribution >= 4 is 11.9 Å². The summed E-state index contributed by atoms with van der Waals surface area (Å²) in [5.41, 5.74) is 1.03. The molecule has 0 spiro atoms. The molecule has 1 aliphatic rings. The first-order valence-corrected chi connectivity index (χ1v) is 9.40. The van der Waals surface area contributed by atoms with Crippen LogP contribution in [-0.4, -0.2) is 61.0 Å². The van der Waals surface area contributed by atoms with Gasteiger partial charge in [-0.3, -0.25) is 9.69 Å². The molecule has 1 unspecified atom stereocenters. The Morgan fingerprint density at radius 1 is 1.08 bits per heavy atom. The second kappa shape index (κ2) is 9.03. The summed E-state index contributed by atoms with van der Waals surface area (Å²) in [6.07, 6.45) is 0. The van der Waals surface area contributed by atoms with Crippen LogP contribution in [0.3, 0.4) is 0 Å². The first-order valence-electron chi connectivity index (χ1n) is 9.40.